The fourth-order valence-corrected chi connectivity index (χ4v) is 1.75. The fraction of sp³-hybridized carbons (Fsp3) is 0.400. The molecule has 1 aromatic rings. The van der Waals surface area contributed by atoms with Crippen molar-refractivity contribution in [2.45, 2.75) is 25.3 Å². The third-order valence-corrected chi connectivity index (χ3v) is 2.43. The van der Waals surface area contributed by atoms with Crippen molar-refractivity contribution in [3.05, 3.63) is 35.1 Å². The van der Waals surface area contributed by atoms with E-state index in [1.54, 1.807) is 6.07 Å². The Morgan fingerprint density at radius 3 is 2.85 bits per heavy atom. The number of hydrogen-bond acceptors (Lipinski definition) is 1. The van der Waals surface area contributed by atoms with Crippen molar-refractivity contribution in [3.63, 3.8) is 0 Å². The molecule has 1 aliphatic carbocycles. The first-order chi connectivity index (χ1) is 5.75. The van der Waals surface area contributed by atoms with E-state index in [4.69, 9.17) is 5.73 Å². The lowest BCUT2D eigenvalue weighted by Gasteiger charge is -2.20. The van der Waals surface area contributed by atoms with Gasteiger partial charge in [0.15, 0.2) is 0 Å². The summed E-state index contributed by atoms with van der Waals surface area (Å²) < 4.78 is 12.8. The zero-order chi connectivity index (χ0) is 8.55. The van der Waals surface area contributed by atoms with E-state index >= 15 is 0 Å². The van der Waals surface area contributed by atoms with Crippen molar-refractivity contribution in [1.82, 2.24) is 0 Å². The Morgan fingerprint density at radius 1 is 1.31 bits per heavy atom. The highest BCUT2D eigenvalue weighted by molar-refractivity contribution is 5.85. The molecule has 0 amide bonds. The van der Waals surface area contributed by atoms with Gasteiger partial charge in [0.05, 0.1) is 0 Å². The number of nitrogens with two attached hydrogens (primary N) is 1. The summed E-state index contributed by atoms with van der Waals surface area (Å²) in [6.45, 7) is 0. The number of rotatable bonds is 0. The maximum atomic E-state index is 12.8. The number of fused-ring (bicyclic) bond motifs is 1. The standard InChI is InChI=1S/C10H12FN.ClH/c11-9-3-1-8-6-10(12)4-2-7(8)5-9;/h1,3,5,10H,2,4,6,12H2;1H/t10-;/m0./s1. The summed E-state index contributed by atoms with van der Waals surface area (Å²) in [6.07, 6.45) is 2.81. The van der Waals surface area contributed by atoms with Crippen molar-refractivity contribution in [2.75, 3.05) is 0 Å². The van der Waals surface area contributed by atoms with Crippen LogP contribution in [0.3, 0.4) is 0 Å². The Morgan fingerprint density at radius 2 is 2.08 bits per heavy atom. The lowest BCUT2D eigenvalue weighted by molar-refractivity contribution is 0.566. The predicted molar refractivity (Wildman–Crippen MR) is 53.6 cm³/mol. The highest BCUT2D eigenvalue weighted by atomic mass is 35.5. The van der Waals surface area contributed by atoms with E-state index in [9.17, 15) is 4.39 Å². The first-order valence-corrected chi connectivity index (χ1v) is 4.28. The number of benzene rings is 1. The van der Waals surface area contributed by atoms with Crippen LogP contribution in [0.1, 0.15) is 17.5 Å². The van der Waals surface area contributed by atoms with E-state index in [1.807, 2.05) is 6.07 Å². The van der Waals surface area contributed by atoms with E-state index < -0.39 is 0 Å². The molecule has 0 radical (unpaired) electrons. The minimum absolute atomic E-state index is 0. The third-order valence-electron chi connectivity index (χ3n) is 2.43. The van der Waals surface area contributed by atoms with Gasteiger partial charge < -0.3 is 5.73 Å². The molecule has 0 saturated carbocycles. The van der Waals surface area contributed by atoms with Crippen LogP contribution in [0.2, 0.25) is 0 Å². The van der Waals surface area contributed by atoms with Crippen molar-refractivity contribution < 1.29 is 4.39 Å². The molecule has 0 heterocycles. The molecular weight excluding hydrogens is 189 g/mol. The summed E-state index contributed by atoms with van der Waals surface area (Å²) in [5.74, 6) is -0.135. The Kier molecular flexibility index (Phi) is 3.28. The molecule has 0 aromatic heterocycles. The van der Waals surface area contributed by atoms with E-state index in [1.165, 1.54) is 11.6 Å². The summed E-state index contributed by atoms with van der Waals surface area (Å²) in [5, 5.41) is 0. The van der Waals surface area contributed by atoms with Gasteiger partial charge in [-0.2, -0.15) is 0 Å². The molecule has 3 heteroatoms. The van der Waals surface area contributed by atoms with Gasteiger partial charge in [-0.3, -0.25) is 0 Å². The minimum atomic E-state index is -0.135. The minimum Gasteiger partial charge on any atom is -0.327 e. The summed E-state index contributed by atoms with van der Waals surface area (Å²) in [5.41, 5.74) is 8.15. The van der Waals surface area contributed by atoms with E-state index in [-0.39, 0.29) is 24.3 Å². The highest BCUT2D eigenvalue weighted by Gasteiger charge is 2.15. The van der Waals surface area contributed by atoms with Crippen LogP contribution < -0.4 is 5.73 Å². The Balaban J connectivity index is 0.000000845. The molecule has 72 valence electrons. The molecule has 1 aromatic carbocycles. The molecule has 0 spiro atoms. The fourth-order valence-electron chi connectivity index (χ4n) is 1.75. The molecule has 2 rings (SSSR count). The first-order valence-electron chi connectivity index (χ1n) is 4.28. The third kappa shape index (κ3) is 2.20. The largest absolute Gasteiger partial charge is 0.327 e. The van der Waals surface area contributed by atoms with Crippen molar-refractivity contribution >= 4 is 12.4 Å². The zero-order valence-corrected chi connectivity index (χ0v) is 8.11. The van der Waals surface area contributed by atoms with Gasteiger partial charge >= 0.3 is 0 Å². The van der Waals surface area contributed by atoms with Crippen LogP contribution in [0.5, 0.6) is 0 Å². The number of halogens is 2. The molecule has 0 fully saturated rings. The quantitative estimate of drug-likeness (QED) is 0.683. The summed E-state index contributed by atoms with van der Waals surface area (Å²) in [4.78, 5) is 0. The monoisotopic (exact) mass is 201 g/mol. The van der Waals surface area contributed by atoms with Crippen molar-refractivity contribution in [3.8, 4) is 0 Å². The molecule has 2 N–H and O–H groups in total. The lowest BCUT2D eigenvalue weighted by atomic mass is 9.89. The van der Waals surface area contributed by atoms with Gasteiger partial charge in [0, 0.05) is 6.04 Å². The van der Waals surface area contributed by atoms with Gasteiger partial charge in [-0.1, -0.05) is 6.07 Å². The molecule has 13 heavy (non-hydrogen) atoms. The van der Waals surface area contributed by atoms with Crippen LogP contribution in [-0.2, 0) is 12.8 Å². The summed E-state index contributed by atoms with van der Waals surface area (Å²) >= 11 is 0. The molecule has 0 aliphatic heterocycles. The van der Waals surface area contributed by atoms with E-state index in [0.29, 0.717) is 0 Å². The highest BCUT2D eigenvalue weighted by Crippen LogP contribution is 2.20. The topological polar surface area (TPSA) is 26.0 Å². The second-order valence-electron chi connectivity index (χ2n) is 3.42. The zero-order valence-electron chi connectivity index (χ0n) is 7.29. The molecule has 0 saturated heterocycles. The molecule has 1 aliphatic rings. The Labute approximate surface area is 83.5 Å². The van der Waals surface area contributed by atoms with Crippen LogP contribution in [-0.4, -0.2) is 6.04 Å². The van der Waals surface area contributed by atoms with Gasteiger partial charge in [0.1, 0.15) is 5.82 Å². The molecule has 0 unspecified atom stereocenters. The van der Waals surface area contributed by atoms with E-state index in [2.05, 4.69) is 0 Å². The molecule has 0 bridgehead atoms. The van der Waals surface area contributed by atoms with Crippen LogP contribution >= 0.6 is 12.4 Å². The number of aryl methyl sites for hydroxylation is 1. The summed E-state index contributed by atoms with van der Waals surface area (Å²) in [6, 6.07) is 5.25. The Hall–Kier alpha value is -0.600. The van der Waals surface area contributed by atoms with Crippen molar-refractivity contribution in [1.29, 1.82) is 0 Å². The SMILES string of the molecule is Cl.N[C@H]1CCc2cc(F)ccc2C1. The second kappa shape index (κ2) is 4.07. The predicted octanol–water partition coefficient (Wildman–Crippen LogP) is 2.06. The molecule has 1 nitrogen and oxygen atoms in total. The number of hydrogen-bond donors (Lipinski definition) is 1. The molecule has 1 atom stereocenters. The van der Waals surface area contributed by atoms with E-state index in [0.717, 1.165) is 24.8 Å². The van der Waals surface area contributed by atoms with Crippen LogP contribution in [0.15, 0.2) is 18.2 Å². The second-order valence-corrected chi connectivity index (χ2v) is 3.42. The van der Waals surface area contributed by atoms with Crippen LogP contribution in [0, 0.1) is 5.82 Å². The maximum Gasteiger partial charge on any atom is 0.123 e. The lowest BCUT2D eigenvalue weighted by Crippen LogP contribution is -2.27. The van der Waals surface area contributed by atoms with Gasteiger partial charge in [-0.25, -0.2) is 4.39 Å². The van der Waals surface area contributed by atoms with Gasteiger partial charge in [-0.15, -0.1) is 12.4 Å². The summed E-state index contributed by atoms with van der Waals surface area (Å²) in [7, 11) is 0. The van der Waals surface area contributed by atoms with Crippen LogP contribution in [0.4, 0.5) is 4.39 Å². The van der Waals surface area contributed by atoms with Crippen molar-refractivity contribution in [2.24, 2.45) is 5.73 Å². The van der Waals surface area contributed by atoms with Gasteiger partial charge in [-0.05, 0) is 42.5 Å². The normalized spacial score (nSPS) is 20.3. The first kappa shape index (κ1) is 10.5. The Bertz CT molecular complexity index is 301. The van der Waals surface area contributed by atoms with Gasteiger partial charge in [0.25, 0.3) is 0 Å². The molecular formula is C10H13ClFN. The van der Waals surface area contributed by atoms with Gasteiger partial charge in [0.2, 0.25) is 0 Å². The average molecular weight is 202 g/mol. The average Bonchev–Trinajstić information content (AvgIpc) is 2.05. The van der Waals surface area contributed by atoms with Crippen LogP contribution in [0.25, 0.3) is 0 Å². The maximum absolute atomic E-state index is 12.8. The smallest absolute Gasteiger partial charge is 0.123 e.